The molecule has 0 saturated carbocycles. The number of hydrogen-bond donors (Lipinski definition) is 1. The minimum absolute atomic E-state index is 0.000937. The number of thiazole rings is 1. The molecule has 0 aliphatic rings. The largest absolute Gasteiger partial charge is 0.368 e. The molecule has 2 aromatic heterocycles. The lowest BCUT2D eigenvalue weighted by Gasteiger charge is -2.23. The first-order chi connectivity index (χ1) is 11.4. The molecule has 0 spiro atoms. The van der Waals surface area contributed by atoms with Crippen LogP contribution in [0.25, 0.3) is 10.2 Å². The van der Waals surface area contributed by atoms with Crippen LogP contribution >= 0.6 is 11.3 Å². The Morgan fingerprint density at radius 1 is 1.08 bits per heavy atom. The van der Waals surface area contributed by atoms with Crippen LogP contribution in [0.4, 0.5) is 11.9 Å². The Morgan fingerprint density at radius 2 is 1.83 bits per heavy atom. The Morgan fingerprint density at radius 3 is 2.54 bits per heavy atom. The van der Waals surface area contributed by atoms with Crippen LogP contribution in [0.15, 0.2) is 24.3 Å². The summed E-state index contributed by atoms with van der Waals surface area (Å²) in [6.45, 7) is 2.78. The second kappa shape index (κ2) is 6.66. The highest BCUT2D eigenvalue weighted by Gasteiger charge is 2.19. The minimum Gasteiger partial charge on any atom is -0.368 e. The predicted octanol–water partition coefficient (Wildman–Crippen LogP) is 2.32. The monoisotopic (exact) mass is 343 g/mol. The van der Waals surface area contributed by atoms with Crippen molar-refractivity contribution in [3.63, 3.8) is 0 Å². The fourth-order valence-electron chi connectivity index (χ4n) is 2.32. The number of benzene rings is 1. The van der Waals surface area contributed by atoms with Crippen LogP contribution in [0, 0.1) is 0 Å². The Kier molecular flexibility index (Phi) is 4.59. The summed E-state index contributed by atoms with van der Waals surface area (Å²) in [6.07, 6.45) is 0. The van der Waals surface area contributed by atoms with E-state index >= 15 is 0 Å². The van der Waals surface area contributed by atoms with E-state index in [1.54, 1.807) is 11.3 Å². The van der Waals surface area contributed by atoms with E-state index in [0.29, 0.717) is 11.8 Å². The Labute approximate surface area is 145 Å². The van der Waals surface area contributed by atoms with Crippen LogP contribution in [0.5, 0.6) is 0 Å². The molecular formula is C16H21N7S. The van der Waals surface area contributed by atoms with Gasteiger partial charge < -0.3 is 10.6 Å². The molecule has 0 aliphatic heterocycles. The fraction of sp³-hybridized carbons (Fsp3) is 0.375. The van der Waals surface area contributed by atoms with Crippen LogP contribution in [0.2, 0.25) is 0 Å². The van der Waals surface area contributed by atoms with Crippen LogP contribution in [0.3, 0.4) is 0 Å². The highest BCUT2D eigenvalue weighted by molar-refractivity contribution is 7.18. The van der Waals surface area contributed by atoms with E-state index in [1.165, 1.54) is 4.70 Å². The van der Waals surface area contributed by atoms with Crippen molar-refractivity contribution >= 4 is 33.5 Å². The molecule has 1 unspecified atom stereocenters. The first kappa shape index (κ1) is 16.5. The first-order valence-corrected chi connectivity index (χ1v) is 8.49. The number of para-hydroxylation sites is 1. The zero-order valence-electron chi connectivity index (χ0n) is 14.3. The summed E-state index contributed by atoms with van der Waals surface area (Å²) < 4.78 is 1.20. The zero-order chi connectivity index (χ0) is 17.3. The molecule has 0 aliphatic carbocycles. The van der Waals surface area contributed by atoms with Crippen molar-refractivity contribution in [3.05, 3.63) is 35.1 Å². The molecule has 24 heavy (non-hydrogen) atoms. The van der Waals surface area contributed by atoms with Gasteiger partial charge in [-0.05, 0) is 26.1 Å². The summed E-state index contributed by atoms with van der Waals surface area (Å²) in [5.74, 6) is 1.47. The third kappa shape index (κ3) is 3.44. The third-order valence-electron chi connectivity index (χ3n) is 3.82. The molecule has 2 N–H and O–H groups in total. The van der Waals surface area contributed by atoms with Crippen LogP contribution in [-0.4, -0.2) is 46.0 Å². The molecule has 0 saturated heterocycles. The van der Waals surface area contributed by atoms with Gasteiger partial charge in [-0.3, -0.25) is 4.90 Å². The quantitative estimate of drug-likeness (QED) is 0.761. The van der Waals surface area contributed by atoms with Crippen molar-refractivity contribution in [2.75, 3.05) is 31.8 Å². The summed E-state index contributed by atoms with van der Waals surface area (Å²) >= 11 is 1.71. The number of fused-ring (bicyclic) bond motifs is 1. The first-order valence-electron chi connectivity index (χ1n) is 7.67. The van der Waals surface area contributed by atoms with Gasteiger partial charge in [-0.2, -0.15) is 15.0 Å². The number of anilines is 2. The van der Waals surface area contributed by atoms with E-state index < -0.39 is 0 Å². The molecule has 8 heteroatoms. The maximum absolute atomic E-state index is 5.82. The molecule has 2 heterocycles. The van der Waals surface area contributed by atoms with E-state index in [1.807, 2.05) is 44.2 Å². The van der Waals surface area contributed by atoms with E-state index in [-0.39, 0.29) is 12.0 Å². The van der Waals surface area contributed by atoms with Crippen molar-refractivity contribution < 1.29 is 0 Å². The molecule has 1 aromatic carbocycles. The van der Waals surface area contributed by atoms with Crippen molar-refractivity contribution in [3.8, 4) is 0 Å². The number of aromatic nitrogens is 4. The molecule has 0 amide bonds. The van der Waals surface area contributed by atoms with E-state index in [2.05, 4.69) is 37.8 Å². The SMILES string of the molecule is CC(c1nc(N)nc(N(C)C)n1)N(C)Cc1nc2ccccc2s1. The Balaban J connectivity index is 1.80. The fourth-order valence-corrected chi connectivity index (χ4v) is 3.35. The van der Waals surface area contributed by atoms with Crippen molar-refractivity contribution in [2.45, 2.75) is 19.5 Å². The molecular weight excluding hydrogens is 322 g/mol. The average molecular weight is 343 g/mol. The maximum Gasteiger partial charge on any atom is 0.229 e. The highest BCUT2D eigenvalue weighted by Crippen LogP contribution is 2.25. The third-order valence-corrected chi connectivity index (χ3v) is 4.84. The van der Waals surface area contributed by atoms with Gasteiger partial charge in [0.1, 0.15) is 5.01 Å². The second-order valence-corrected chi connectivity index (χ2v) is 7.03. The van der Waals surface area contributed by atoms with Gasteiger partial charge in [-0.25, -0.2) is 4.98 Å². The van der Waals surface area contributed by atoms with Crippen LogP contribution < -0.4 is 10.6 Å². The minimum atomic E-state index is 0.000937. The number of nitrogen functional groups attached to an aromatic ring is 1. The van der Waals surface area contributed by atoms with E-state index in [0.717, 1.165) is 17.1 Å². The van der Waals surface area contributed by atoms with Gasteiger partial charge in [0, 0.05) is 14.1 Å². The topological polar surface area (TPSA) is 84.1 Å². The maximum atomic E-state index is 5.82. The summed E-state index contributed by atoms with van der Waals surface area (Å²) in [5, 5.41) is 1.07. The second-order valence-electron chi connectivity index (χ2n) is 5.91. The lowest BCUT2D eigenvalue weighted by atomic mass is 10.3. The molecule has 0 radical (unpaired) electrons. The number of rotatable bonds is 5. The van der Waals surface area contributed by atoms with Gasteiger partial charge in [-0.1, -0.05) is 12.1 Å². The van der Waals surface area contributed by atoms with Gasteiger partial charge in [0.15, 0.2) is 5.82 Å². The van der Waals surface area contributed by atoms with Crippen LogP contribution in [-0.2, 0) is 6.54 Å². The van der Waals surface area contributed by atoms with Crippen molar-refractivity contribution in [1.82, 2.24) is 24.8 Å². The molecule has 3 aromatic rings. The van der Waals surface area contributed by atoms with Crippen molar-refractivity contribution in [1.29, 1.82) is 0 Å². The highest BCUT2D eigenvalue weighted by atomic mass is 32.1. The van der Waals surface area contributed by atoms with E-state index in [4.69, 9.17) is 5.73 Å². The van der Waals surface area contributed by atoms with Gasteiger partial charge in [0.25, 0.3) is 0 Å². The molecule has 1 atom stereocenters. The smallest absolute Gasteiger partial charge is 0.229 e. The summed E-state index contributed by atoms with van der Waals surface area (Å²) in [6, 6.07) is 8.17. The predicted molar refractivity (Wildman–Crippen MR) is 98.1 cm³/mol. The number of nitrogens with two attached hydrogens (primary N) is 1. The van der Waals surface area contributed by atoms with Crippen molar-refractivity contribution in [2.24, 2.45) is 0 Å². The lowest BCUT2D eigenvalue weighted by Crippen LogP contribution is -2.25. The average Bonchev–Trinajstić information content (AvgIpc) is 2.95. The number of hydrogen-bond acceptors (Lipinski definition) is 8. The Hall–Kier alpha value is -2.32. The summed E-state index contributed by atoms with van der Waals surface area (Å²) in [7, 11) is 5.80. The lowest BCUT2D eigenvalue weighted by molar-refractivity contribution is 0.243. The van der Waals surface area contributed by atoms with Gasteiger partial charge >= 0.3 is 0 Å². The summed E-state index contributed by atoms with van der Waals surface area (Å²) in [5.41, 5.74) is 6.86. The normalized spacial score (nSPS) is 12.7. The molecule has 126 valence electrons. The molecule has 0 fully saturated rings. The standard InChI is InChI=1S/C16H21N7S/c1-10(14-19-15(17)21-16(20-14)22(2)3)23(4)9-13-18-11-7-5-6-8-12(11)24-13/h5-8,10H,9H2,1-4H3,(H2,17,19,20,21). The van der Waals surface area contributed by atoms with Gasteiger partial charge in [0.05, 0.1) is 22.8 Å². The zero-order valence-corrected chi connectivity index (χ0v) is 15.1. The van der Waals surface area contributed by atoms with E-state index in [9.17, 15) is 0 Å². The molecule has 3 rings (SSSR count). The van der Waals surface area contributed by atoms with Gasteiger partial charge in [0.2, 0.25) is 11.9 Å². The van der Waals surface area contributed by atoms with Crippen LogP contribution in [0.1, 0.15) is 23.8 Å². The summed E-state index contributed by atoms with van der Waals surface area (Å²) in [4.78, 5) is 21.6. The molecule has 7 nitrogen and oxygen atoms in total. The Bertz CT molecular complexity index is 812. The number of nitrogens with zero attached hydrogens (tertiary/aromatic N) is 6. The molecule has 0 bridgehead atoms. The van der Waals surface area contributed by atoms with Gasteiger partial charge in [-0.15, -0.1) is 11.3 Å².